The van der Waals surface area contributed by atoms with Gasteiger partial charge in [0.1, 0.15) is 5.60 Å². The average molecular weight is 271 g/mol. The fourth-order valence-electron chi connectivity index (χ4n) is 2.06. The lowest BCUT2D eigenvalue weighted by molar-refractivity contribution is -0.133. The largest absolute Gasteiger partial charge is 0.444 e. The van der Waals surface area contributed by atoms with Crippen LogP contribution in [0.1, 0.15) is 40.5 Å². The predicted molar refractivity (Wildman–Crippen MR) is 72.6 cm³/mol. The maximum absolute atomic E-state index is 11.8. The lowest BCUT2D eigenvalue weighted by Crippen LogP contribution is -2.53. The summed E-state index contributed by atoms with van der Waals surface area (Å²) in [5, 5.41) is 2.80. The van der Waals surface area contributed by atoms with E-state index in [1.807, 2.05) is 20.8 Å². The number of hydrogen-bond acceptors (Lipinski definition) is 4. The molecule has 0 radical (unpaired) electrons. The highest BCUT2D eigenvalue weighted by molar-refractivity contribution is 5.81. The van der Waals surface area contributed by atoms with Crippen molar-refractivity contribution in [1.29, 1.82) is 0 Å². The number of piperidine rings is 1. The first kappa shape index (κ1) is 15.8. The Morgan fingerprint density at radius 3 is 2.58 bits per heavy atom. The highest BCUT2D eigenvalue weighted by Crippen LogP contribution is 2.12. The summed E-state index contributed by atoms with van der Waals surface area (Å²) in [5.41, 5.74) is 5.08. The minimum Gasteiger partial charge on any atom is -0.444 e. The zero-order chi connectivity index (χ0) is 14.6. The van der Waals surface area contributed by atoms with E-state index in [1.54, 1.807) is 11.8 Å². The fraction of sp³-hybridized carbons (Fsp3) is 0.846. The maximum atomic E-state index is 11.8. The third-order valence-electron chi connectivity index (χ3n) is 2.84. The van der Waals surface area contributed by atoms with Crippen LogP contribution in [0.15, 0.2) is 0 Å². The number of alkyl carbamates (subject to hydrolysis) is 1. The van der Waals surface area contributed by atoms with E-state index in [0.717, 1.165) is 12.8 Å². The summed E-state index contributed by atoms with van der Waals surface area (Å²) in [7, 11) is 0. The number of likely N-dealkylation sites (tertiary alicyclic amines) is 1. The molecule has 0 spiro atoms. The van der Waals surface area contributed by atoms with Gasteiger partial charge in [-0.1, -0.05) is 0 Å². The van der Waals surface area contributed by atoms with Crippen LogP contribution in [0.5, 0.6) is 0 Å². The van der Waals surface area contributed by atoms with E-state index in [0.29, 0.717) is 13.1 Å². The highest BCUT2D eigenvalue weighted by Gasteiger charge is 2.27. The molecule has 6 heteroatoms. The van der Waals surface area contributed by atoms with Crippen LogP contribution in [0.4, 0.5) is 4.79 Å². The molecule has 0 aromatic carbocycles. The van der Waals surface area contributed by atoms with Crippen molar-refractivity contribution in [3.05, 3.63) is 0 Å². The molecule has 1 heterocycles. The average Bonchev–Trinajstić information content (AvgIpc) is 2.25. The summed E-state index contributed by atoms with van der Waals surface area (Å²) in [5.74, 6) is -0.0734. The highest BCUT2D eigenvalue weighted by atomic mass is 16.6. The Morgan fingerprint density at radius 2 is 2.05 bits per heavy atom. The predicted octanol–water partition coefficient (Wildman–Crippen LogP) is 0.849. The second-order valence-electron chi connectivity index (χ2n) is 6.06. The van der Waals surface area contributed by atoms with E-state index in [1.165, 1.54) is 0 Å². The molecule has 1 rings (SSSR count). The number of hydrogen-bond donors (Lipinski definition) is 2. The number of nitrogens with one attached hydrogen (secondary N) is 1. The summed E-state index contributed by atoms with van der Waals surface area (Å²) in [4.78, 5) is 25.2. The van der Waals surface area contributed by atoms with Crippen LogP contribution in [0.2, 0.25) is 0 Å². The van der Waals surface area contributed by atoms with Crippen molar-refractivity contribution in [3.8, 4) is 0 Å². The molecule has 0 aromatic heterocycles. The Morgan fingerprint density at radius 1 is 1.42 bits per heavy atom. The quantitative estimate of drug-likeness (QED) is 0.779. The van der Waals surface area contributed by atoms with E-state index < -0.39 is 17.7 Å². The SMILES string of the molecule is C[C@H](N)C(=O)N1CCC[C@H](NC(=O)OC(C)(C)C)C1. The van der Waals surface area contributed by atoms with Crippen molar-refractivity contribution in [2.24, 2.45) is 5.73 Å². The monoisotopic (exact) mass is 271 g/mol. The summed E-state index contributed by atoms with van der Waals surface area (Å²) in [6, 6.07) is -0.563. The molecule has 2 amide bonds. The first-order valence-corrected chi connectivity index (χ1v) is 6.73. The van der Waals surface area contributed by atoms with Crippen LogP contribution in [-0.2, 0) is 9.53 Å². The van der Waals surface area contributed by atoms with Gasteiger partial charge >= 0.3 is 6.09 Å². The minimum atomic E-state index is -0.514. The molecule has 110 valence electrons. The normalized spacial score (nSPS) is 21.7. The molecule has 0 aromatic rings. The van der Waals surface area contributed by atoms with Crippen molar-refractivity contribution in [1.82, 2.24) is 10.2 Å². The van der Waals surface area contributed by atoms with E-state index in [9.17, 15) is 9.59 Å². The number of carbonyl (C=O) groups is 2. The number of nitrogens with two attached hydrogens (primary N) is 1. The molecule has 0 saturated carbocycles. The van der Waals surface area contributed by atoms with Gasteiger partial charge in [0.25, 0.3) is 0 Å². The van der Waals surface area contributed by atoms with E-state index in [-0.39, 0.29) is 11.9 Å². The third-order valence-corrected chi connectivity index (χ3v) is 2.84. The lowest BCUT2D eigenvalue weighted by Gasteiger charge is -2.34. The van der Waals surface area contributed by atoms with Crippen LogP contribution in [0.25, 0.3) is 0 Å². The summed E-state index contributed by atoms with van der Waals surface area (Å²) >= 11 is 0. The van der Waals surface area contributed by atoms with Gasteiger partial charge in [-0.25, -0.2) is 4.79 Å². The van der Waals surface area contributed by atoms with Crippen molar-refractivity contribution in [2.45, 2.75) is 58.2 Å². The molecule has 1 aliphatic heterocycles. The number of carbonyl (C=O) groups excluding carboxylic acids is 2. The van der Waals surface area contributed by atoms with Gasteiger partial charge in [0.15, 0.2) is 0 Å². The van der Waals surface area contributed by atoms with Gasteiger partial charge < -0.3 is 20.7 Å². The lowest BCUT2D eigenvalue weighted by atomic mass is 10.1. The Labute approximate surface area is 114 Å². The Balaban J connectivity index is 2.47. The van der Waals surface area contributed by atoms with Crippen molar-refractivity contribution < 1.29 is 14.3 Å². The van der Waals surface area contributed by atoms with Gasteiger partial charge in [0, 0.05) is 19.1 Å². The van der Waals surface area contributed by atoms with Gasteiger partial charge in [-0.3, -0.25) is 4.79 Å². The second kappa shape index (κ2) is 6.23. The van der Waals surface area contributed by atoms with Crippen LogP contribution in [0, 0.1) is 0 Å². The van der Waals surface area contributed by atoms with Crippen LogP contribution >= 0.6 is 0 Å². The van der Waals surface area contributed by atoms with Gasteiger partial charge in [-0.15, -0.1) is 0 Å². The molecule has 0 bridgehead atoms. The summed E-state index contributed by atoms with van der Waals surface area (Å²) in [6.45, 7) is 8.33. The van der Waals surface area contributed by atoms with Crippen molar-refractivity contribution in [3.63, 3.8) is 0 Å². The molecule has 19 heavy (non-hydrogen) atoms. The maximum Gasteiger partial charge on any atom is 0.407 e. The smallest absolute Gasteiger partial charge is 0.407 e. The second-order valence-corrected chi connectivity index (χ2v) is 6.06. The van der Waals surface area contributed by atoms with Gasteiger partial charge in [-0.05, 0) is 40.5 Å². The topological polar surface area (TPSA) is 84.7 Å². The van der Waals surface area contributed by atoms with Gasteiger partial charge in [0.05, 0.1) is 6.04 Å². The van der Waals surface area contributed by atoms with E-state index in [2.05, 4.69) is 5.32 Å². The first-order valence-electron chi connectivity index (χ1n) is 6.73. The molecule has 2 atom stereocenters. The van der Waals surface area contributed by atoms with Crippen molar-refractivity contribution in [2.75, 3.05) is 13.1 Å². The Bertz CT molecular complexity index is 337. The van der Waals surface area contributed by atoms with Crippen LogP contribution in [-0.4, -0.2) is 47.7 Å². The molecule has 0 unspecified atom stereocenters. The molecular formula is C13H25N3O3. The standard InChI is InChI=1S/C13H25N3O3/c1-9(14)11(17)16-7-5-6-10(8-16)15-12(18)19-13(2,3)4/h9-10H,5-8,14H2,1-4H3,(H,15,18)/t9-,10-/m0/s1. The zero-order valence-corrected chi connectivity index (χ0v) is 12.2. The van der Waals surface area contributed by atoms with Crippen LogP contribution < -0.4 is 11.1 Å². The number of amides is 2. The summed E-state index contributed by atoms with van der Waals surface area (Å²) in [6.07, 6.45) is 1.27. The minimum absolute atomic E-state index is 0.0636. The number of ether oxygens (including phenoxy) is 1. The Kier molecular flexibility index (Phi) is 5.17. The Hall–Kier alpha value is -1.30. The molecule has 1 aliphatic rings. The fourth-order valence-corrected chi connectivity index (χ4v) is 2.06. The van der Waals surface area contributed by atoms with E-state index in [4.69, 9.17) is 10.5 Å². The molecule has 0 aliphatic carbocycles. The van der Waals surface area contributed by atoms with E-state index >= 15 is 0 Å². The number of nitrogens with zero attached hydrogens (tertiary/aromatic N) is 1. The molecule has 6 nitrogen and oxygen atoms in total. The molecule has 1 saturated heterocycles. The van der Waals surface area contributed by atoms with Gasteiger partial charge in [0.2, 0.25) is 5.91 Å². The molecule has 3 N–H and O–H groups in total. The molecule has 1 fully saturated rings. The van der Waals surface area contributed by atoms with Crippen molar-refractivity contribution >= 4 is 12.0 Å². The van der Waals surface area contributed by atoms with Gasteiger partial charge in [-0.2, -0.15) is 0 Å². The zero-order valence-electron chi connectivity index (χ0n) is 12.2. The number of rotatable bonds is 2. The molecular weight excluding hydrogens is 246 g/mol. The first-order chi connectivity index (χ1) is 8.69. The summed E-state index contributed by atoms with van der Waals surface area (Å²) < 4.78 is 5.21. The third kappa shape index (κ3) is 5.46. The van der Waals surface area contributed by atoms with Crippen LogP contribution in [0.3, 0.4) is 0 Å².